The van der Waals surface area contributed by atoms with E-state index in [1.807, 2.05) is 19.1 Å². The predicted octanol–water partition coefficient (Wildman–Crippen LogP) is 4.79. The molecule has 3 nitrogen and oxygen atoms in total. The number of carbonyl (C=O) groups is 1. The van der Waals surface area contributed by atoms with Crippen molar-refractivity contribution in [1.82, 2.24) is 0 Å². The lowest BCUT2D eigenvalue weighted by atomic mass is 9.70. The summed E-state index contributed by atoms with van der Waals surface area (Å²) in [7, 11) is 0. The van der Waals surface area contributed by atoms with Gasteiger partial charge in [-0.3, -0.25) is 0 Å². The summed E-state index contributed by atoms with van der Waals surface area (Å²) in [6.07, 6.45) is 2.50. The Hall–Kier alpha value is -0.740. The Morgan fingerprint density at radius 1 is 1.50 bits per heavy atom. The summed E-state index contributed by atoms with van der Waals surface area (Å²) in [5.41, 5.74) is -0.107. The summed E-state index contributed by atoms with van der Waals surface area (Å²) < 4.78 is 0.765. The molecule has 0 radical (unpaired) electrons. The molecular weight excluding hydrogens is 342 g/mol. The van der Waals surface area contributed by atoms with Crippen molar-refractivity contribution in [1.29, 1.82) is 0 Å². The molecule has 0 spiro atoms. The van der Waals surface area contributed by atoms with Gasteiger partial charge in [-0.05, 0) is 65.2 Å². The lowest BCUT2D eigenvalue weighted by molar-refractivity contribution is -0.145. The third-order valence-electron chi connectivity index (χ3n) is 4.30. The predicted molar refractivity (Wildman–Crippen MR) is 85.3 cm³/mol. The van der Waals surface area contributed by atoms with Crippen molar-refractivity contribution in [3.63, 3.8) is 0 Å². The van der Waals surface area contributed by atoms with Crippen LogP contribution >= 0.6 is 27.5 Å². The third-order valence-corrected chi connectivity index (χ3v) is 5.51. The van der Waals surface area contributed by atoms with Crippen molar-refractivity contribution in [3.05, 3.63) is 27.7 Å². The fraction of sp³-hybridized carbons (Fsp3) is 0.533. The number of aliphatic carboxylic acids is 1. The first-order valence-electron chi connectivity index (χ1n) is 6.82. The number of benzene rings is 1. The second-order valence-corrected chi connectivity index (χ2v) is 7.07. The number of hydrogen-bond acceptors (Lipinski definition) is 2. The number of halogens is 2. The SMILES string of the molecule is CC1CCC(Nc2ccc(Cl)c(Br)c2)(C(=O)O)C(C)C1. The fourth-order valence-corrected chi connectivity index (χ4v) is 3.53. The molecule has 5 heteroatoms. The van der Waals surface area contributed by atoms with Crippen LogP contribution in [0.15, 0.2) is 22.7 Å². The molecule has 110 valence electrons. The first-order chi connectivity index (χ1) is 9.35. The van der Waals surface area contributed by atoms with Crippen LogP contribution in [0.1, 0.15) is 33.1 Å². The van der Waals surface area contributed by atoms with Gasteiger partial charge in [0.25, 0.3) is 0 Å². The summed E-state index contributed by atoms with van der Waals surface area (Å²) >= 11 is 9.35. The van der Waals surface area contributed by atoms with Crippen molar-refractivity contribution >= 4 is 39.2 Å². The molecule has 1 fully saturated rings. The van der Waals surface area contributed by atoms with Gasteiger partial charge in [0.1, 0.15) is 5.54 Å². The van der Waals surface area contributed by atoms with Crippen molar-refractivity contribution < 1.29 is 9.90 Å². The number of carboxylic acids is 1. The molecule has 2 rings (SSSR count). The lowest BCUT2D eigenvalue weighted by Crippen LogP contribution is -2.54. The zero-order valence-corrected chi connectivity index (χ0v) is 14.0. The van der Waals surface area contributed by atoms with E-state index in [4.69, 9.17) is 11.6 Å². The van der Waals surface area contributed by atoms with Gasteiger partial charge in [0, 0.05) is 10.2 Å². The molecule has 3 atom stereocenters. The Labute approximate surface area is 132 Å². The van der Waals surface area contributed by atoms with Crippen molar-refractivity contribution in [3.8, 4) is 0 Å². The topological polar surface area (TPSA) is 49.3 Å². The largest absolute Gasteiger partial charge is 0.479 e. The monoisotopic (exact) mass is 359 g/mol. The van der Waals surface area contributed by atoms with E-state index < -0.39 is 11.5 Å². The van der Waals surface area contributed by atoms with Crippen molar-refractivity contribution in [2.45, 2.75) is 38.6 Å². The van der Waals surface area contributed by atoms with Gasteiger partial charge in [-0.25, -0.2) is 4.79 Å². The maximum Gasteiger partial charge on any atom is 0.329 e. The molecule has 2 N–H and O–H groups in total. The zero-order chi connectivity index (χ0) is 14.9. The van der Waals surface area contributed by atoms with Crippen LogP contribution in [0.3, 0.4) is 0 Å². The molecule has 0 bridgehead atoms. The van der Waals surface area contributed by atoms with E-state index in [9.17, 15) is 9.90 Å². The van der Waals surface area contributed by atoms with E-state index in [0.29, 0.717) is 17.4 Å². The minimum atomic E-state index is -0.889. The van der Waals surface area contributed by atoms with Gasteiger partial charge in [0.05, 0.1) is 5.02 Å². The molecule has 1 saturated carbocycles. The van der Waals surface area contributed by atoms with Crippen molar-refractivity contribution in [2.24, 2.45) is 11.8 Å². The molecule has 1 aliphatic rings. The molecule has 0 aliphatic heterocycles. The van der Waals surface area contributed by atoms with E-state index in [-0.39, 0.29) is 5.92 Å². The molecule has 1 aromatic carbocycles. The summed E-state index contributed by atoms with van der Waals surface area (Å²) in [6, 6.07) is 5.42. The highest BCUT2D eigenvalue weighted by atomic mass is 79.9. The average molecular weight is 361 g/mol. The number of carboxylic acid groups (broad SMARTS) is 1. The van der Waals surface area contributed by atoms with Crippen LogP contribution < -0.4 is 5.32 Å². The summed E-state index contributed by atoms with van der Waals surface area (Å²) in [6.45, 7) is 4.20. The van der Waals surface area contributed by atoms with Crippen LogP contribution in [0.25, 0.3) is 0 Å². The fourth-order valence-electron chi connectivity index (χ4n) is 3.03. The Morgan fingerprint density at radius 2 is 2.20 bits per heavy atom. The zero-order valence-electron chi connectivity index (χ0n) is 11.6. The standard InChI is InChI=1S/C15H19BrClNO2/c1-9-5-6-15(14(19)20,10(2)7-9)18-11-3-4-13(17)12(16)8-11/h3-4,8-10,18H,5-7H2,1-2H3,(H,19,20). The normalized spacial score (nSPS) is 30.0. The summed E-state index contributed by atoms with van der Waals surface area (Å²) in [5.74, 6) is -0.114. The molecule has 0 saturated heterocycles. The maximum atomic E-state index is 11.8. The number of rotatable bonds is 3. The molecule has 1 aromatic rings. The Morgan fingerprint density at radius 3 is 2.75 bits per heavy atom. The van der Waals surface area contributed by atoms with Crippen LogP contribution in [-0.2, 0) is 4.79 Å². The lowest BCUT2D eigenvalue weighted by Gasteiger charge is -2.42. The smallest absolute Gasteiger partial charge is 0.329 e. The average Bonchev–Trinajstić information content (AvgIpc) is 2.37. The first-order valence-corrected chi connectivity index (χ1v) is 7.99. The van der Waals surface area contributed by atoms with Gasteiger partial charge in [-0.2, -0.15) is 0 Å². The number of hydrogen-bond donors (Lipinski definition) is 2. The quantitative estimate of drug-likeness (QED) is 0.814. The summed E-state index contributed by atoms with van der Waals surface area (Å²) in [4.78, 5) is 11.8. The van der Waals surface area contributed by atoms with Crippen LogP contribution in [0, 0.1) is 11.8 Å². The van der Waals surface area contributed by atoms with Gasteiger partial charge in [-0.15, -0.1) is 0 Å². The highest BCUT2D eigenvalue weighted by molar-refractivity contribution is 9.10. The van der Waals surface area contributed by atoms with E-state index in [1.165, 1.54) is 0 Å². The van der Waals surface area contributed by atoms with Gasteiger partial charge >= 0.3 is 5.97 Å². The molecule has 0 amide bonds. The van der Waals surface area contributed by atoms with Gasteiger partial charge in [-0.1, -0.05) is 25.4 Å². The molecule has 0 heterocycles. The maximum absolute atomic E-state index is 11.8. The van der Waals surface area contributed by atoms with Crippen LogP contribution in [0.4, 0.5) is 5.69 Å². The molecular formula is C15H19BrClNO2. The second-order valence-electron chi connectivity index (χ2n) is 5.81. The van der Waals surface area contributed by atoms with Gasteiger partial charge in [0.2, 0.25) is 0 Å². The molecule has 0 aromatic heterocycles. The third kappa shape index (κ3) is 2.96. The van der Waals surface area contributed by atoms with Gasteiger partial charge < -0.3 is 10.4 Å². The van der Waals surface area contributed by atoms with E-state index >= 15 is 0 Å². The first kappa shape index (κ1) is 15.6. The highest BCUT2D eigenvalue weighted by Gasteiger charge is 2.46. The Balaban J connectivity index is 2.29. The van der Waals surface area contributed by atoms with Crippen LogP contribution in [0.2, 0.25) is 5.02 Å². The Bertz CT molecular complexity index is 523. The van der Waals surface area contributed by atoms with Crippen molar-refractivity contribution in [2.75, 3.05) is 5.32 Å². The molecule has 3 unspecified atom stereocenters. The minimum Gasteiger partial charge on any atom is -0.479 e. The van der Waals surface area contributed by atoms with Gasteiger partial charge in [0.15, 0.2) is 0 Å². The van der Waals surface area contributed by atoms with Crippen LogP contribution in [0.5, 0.6) is 0 Å². The highest BCUT2D eigenvalue weighted by Crippen LogP contribution is 2.40. The molecule has 20 heavy (non-hydrogen) atoms. The Kier molecular flexibility index (Phi) is 4.65. The summed E-state index contributed by atoms with van der Waals surface area (Å²) in [5, 5.41) is 13.6. The van der Waals surface area contributed by atoms with Crippen LogP contribution in [-0.4, -0.2) is 16.6 Å². The number of anilines is 1. The van der Waals surface area contributed by atoms with E-state index in [2.05, 4.69) is 28.2 Å². The number of nitrogens with one attached hydrogen (secondary N) is 1. The van der Waals surface area contributed by atoms with E-state index in [1.54, 1.807) is 6.07 Å². The minimum absolute atomic E-state index is 0.0817. The molecule has 1 aliphatic carbocycles. The second kappa shape index (κ2) is 5.94. The van der Waals surface area contributed by atoms with E-state index in [0.717, 1.165) is 23.0 Å².